The van der Waals surface area contributed by atoms with Crippen LogP contribution in [0, 0.1) is 5.41 Å². The zero-order valence-electron chi connectivity index (χ0n) is 9.41. The molecule has 0 heterocycles. The van der Waals surface area contributed by atoms with Gasteiger partial charge >= 0.3 is 6.18 Å². The zero-order valence-corrected chi connectivity index (χ0v) is 9.41. The first-order chi connectivity index (χ1) is 6.56. The third-order valence-corrected chi connectivity index (χ3v) is 1.99. The van der Waals surface area contributed by atoms with Crippen molar-refractivity contribution >= 4 is 0 Å². The molecule has 0 bridgehead atoms. The minimum Gasteiger partial charge on any atom is -0.171 e. The minimum atomic E-state index is -4.20. The van der Waals surface area contributed by atoms with E-state index in [1.165, 1.54) is 12.2 Å². The molecule has 0 aliphatic carbocycles. The molecule has 86 valence electrons. The topological polar surface area (TPSA) is 0 Å². The van der Waals surface area contributed by atoms with Gasteiger partial charge in [-0.05, 0) is 16.6 Å². The summed E-state index contributed by atoms with van der Waals surface area (Å²) in [5, 5.41) is 0. The van der Waals surface area contributed by atoms with E-state index in [1.807, 2.05) is 20.8 Å². The average Bonchev–Trinajstić information content (AvgIpc) is 1.98. The predicted molar refractivity (Wildman–Crippen MR) is 57.5 cm³/mol. The first-order valence-corrected chi connectivity index (χ1v) is 4.65. The highest BCUT2D eigenvalue weighted by Crippen LogP contribution is 2.29. The van der Waals surface area contributed by atoms with E-state index in [-0.39, 0.29) is 11.0 Å². The molecule has 0 aromatic carbocycles. The fraction of sp³-hybridized carbons (Fsp3) is 0.500. The smallest absolute Gasteiger partial charge is 0.171 e. The van der Waals surface area contributed by atoms with E-state index >= 15 is 0 Å². The SMILES string of the molecule is C=C/C(=C\C(=C)C(C)(C)C)CC(F)(F)F. The second-order valence-electron chi connectivity index (χ2n) is 4.49. The van der Waals surface area contributed by atoms with Crippen molar-refractivity contribution in [2.75, 3.05) is 0 Å². The molecule has 0 fully saturated rings. The summed E-state index contributed by atoms with van der Waals surface area (Å²) in [5.41, 5.74) is 0.601. The summed E-state index contributed by atoms with van der Waals surface area (Å²) in [5.74, 6) is 0. The summed E-state index contributed by atoms with van der Waals surface area (Å²) in [6.45, 7) is 12.8. The second kappa shape index (κ2) is 4.69. The fourth-order valence-electron chi connectivity index (χ4n) is 0.854. The van der Waals surface area contributed by atoms with Crippen LogP contribution in [0.5, 0.6) is 0 Å². The number of alkyl halides is 3. The Morgan fingerprint density at radius 2 is 1.67 bits per heavy atom. The molecule has 0 saturated carbocycles. The van der Waals surface area contributed by atoms with Crippen molar-refractivity contribution in [2.45, 2.75) is 33.4 Å². The van der Waals surface area contributed by atoms with Crippen LogP contribution in [0.4, 0.5) is 13.2 Å². The summed E-state index contributed by atoms with van der Waals surface area (Å²) in [6, 6.07) is 0. The molecule has 0 atom stereocenters. The van der Waals surface area contributed by atoms with Crippen molar-refractivity contribution in [1.29, 1.82) is 0 Å². The number of rotatable bonds is 3. The van der Waals surface area contributed by atoms with Gasteiger partial charge in [0.1, 0.15) is 0 Å². The summed E-state index contributed by atoms with van der Waals surface area (Å²) in [7, 11) is 0. The molecule has 0 saturated heterocycles. The summed E-state index contributed by atoms with van der Waals surface area (Å²) in [6.07, 6.45) is -2.46. The molecule has 0 aromatic rings. The van der Waals surface area contributed by atoms with Crippen LogP contribution in [-0.2, 0) is 0 Å². The lowest BCUT2D eigenvalue weighted by molar-refractivity contribution is -0.126. The van der Waals surface area contributed by atoms with Crippen LogP contribution < -0.4 is 0 Å². The van der Waals surface area contributed by atoms with Gasteiger partial charge in [0, 0.05) is 0 Å². The van der Waals surface area contributed by atoms with Crippen molar-refractivity contribution in [2.24, 2.45) is 5.41 Å². The molecular weight excluding hydrogens is 201 g/mol. The van der Waals surface area contributed by atoms with Crippen molar-refractivity contribution in [3.63, 3.8) is 0 Å². The third-order valence-electron chi connectivity index (χ3n) is 1.99. The van der Waals surface area contributed by atoms with Crippen molar-refractivity contribution < 1.29 is 13.2 Å². The van der Waals surface area contributed by atoms with E-state index in [2.05, 4.69) is 13.2 Å². The summed E-state index contributed by atoms with van der Waals surface area (Å²) in [4.78, 5) is 0. The van der Waals surface area contributed by atoms with Crippen molar-refractivity contribution in [3.8, 4) is 0 Å². The molecule has 0 aromatic heterocycles. The van der Waals surface area contributed by atoms with Crippen LogP contribution in [0.25, 0.3) is 0 Å². The van der Waals surface area contributed by atoms with E-state index in [4.69, 9.17) is 0 Å². The molecule has 0 unspecified atom stereocenters. The Labute approximate surface area is 89.2 Å². The Morgan fingerprint density at radius 1 is 1.20 bits per heavy atom. The van der Waals surface area contributed by atoms with E-state index in [0.717, 1.165) is 0 Å². The minimum absolute atomic E-state index is 0.155. The second-order valence-corrected chi connectivity index (χ2v) is 4.49. The van der Waals surface area contributed by atoms with Gasteiger partial charge in [0.05, 0.1) is 6.42 Å². The number of allylic oxidation sites excluding steroid dienone is 4. The monoisotopic (exact) mass is 218 g/mol. The van der Waals surface area contributed by atoms with E-state index in [0.29, 0.717) is 5.57 Å². The highest BCUT2D eigenvalue weighted by Gasteiger charge is 2.28. The molecular formula is C12H17F3. The van der Waals surface area contributed by atoms with Crippen LogP contribution in [0.2, 0.25) is 0 Å². The Kier molecular flexibility index (Phi) is 4.38. The Bertz CT molecular complexity index is 274. The lowest BCUT2D eigenvalue weighted by Gasteiger charge is -2.20. The largest absolute Gasteiger partial charge is 0.393 e. The Balaban J connectivity index is 4.77. The number of halogens is 3. The first-order valence-electron chi connectivity index (χ1n) is 4.65. The van der Waals surface area contributed by atoms with Crippen LogP contribution in [0.15, 0.2) is 36.5 Å². The molecule has 0 amide bonds. The van der Waals surface area contributed by atoms with Crippen molar-refractivity contribution in [3.05, 3.63) is 36.5 Å². The van der Waals surface area contributed by atoms with Gasteiger partial charge in [-0.15, -0.1) is 0 Å². The molecule has 0 rings (SSSR count). The predicted octanol–water partition coefficient (Wildman–Crippen LogP) is 4.65. The number of hydrogen-bond donors (Lipinski definition) is 0. The maximum atomic E-state index is 12.1. The van der Waals surface area contributed by atoms with Gasteiger partial charge in [0.25, 0.3) is 0 Å². The van der Waals surface area contributed by atoms with Crippen molar-refractivity contribution in [1.82, 2.24) is 0 Å². The maximum Gasteiger partial charge on any atom is 0.393 e. The summed E-state index contributed by atoms with van der Waals surface area (Å²) >= 11 is 0. The van der Waals surface area contributed by atoms with Gasteiger partial charge in [-0.25, -0.2) is 0 Å². The molecule has 0 aliphatic heterocycles. The zero-order chi connectivity index (χ0) is 12.3. The van der Waals surface area contributed by atoms with Gasteiger partial charge in [-0.2, -0.15) is 13.2 Å². The molecule has 3 heteroatoms. The van der Waals surface area contributed by atoms with Gasteiger partial charge < -0.3 is 0 Å². The Hall–Kier alpha value is -0.990. The molecule has 0 aliphatic rings. The van der Waals surface area contributed by atoms with Gasteiger partial charge in [-0.3, -0.25) is 0 Å². The quantitative estimate of drug-likeness (QED) is 0.605. The van der Waals surface area contributed by atoms with Gasteiger partial charge in [0.15, 0.2) is 0 Å². The van der Waals surface area contributed by atoms with Gasteiger partial charge in [-0.1, -0.05) is 46.1 Å². The molecule has 15 heavy (non-hydrogen) atoms. The highest BCUT2D eigenvalue weighted by molar-refractivity contribution is 5.31. The van der Waals surface area contributed by atoms with Crippen LogP contribution in [0.3, 0.4) is 0 Å². The van der Waals surface area contributed by atoms with E-state index in [9.17, 15) is 13.2 Å². The lowest BCUT2D eigenvalue weighted by atomic mass is 9.86. The normalized spacial score (nSPS) is 13.9. The molecule has 0 N–H and O–H groups in total. The van der Waals surface area contributed by atoms with Crippen LogP contribution in [-0.4, -0.2) is 6.18 Å². The Morgan fingerprint density at radius 3 is 1.93 bits per heavy atom. The van der Waals surface area contributed by atoms with Crippen LogP contribution >= 0.6 is 0 Å². The fourth-order valence-corrected chi connectivity index (χ4v) is 0.854. The molecule has 0 spiro atoms. The number of hydrogen-bond acceptors (Lipinski definition) is 0. The third kappa shape index (κ3) is 6.15. The van der Waals surface area contributed by atoms with Gasteiger partial charge in [0.2, 0.25) is 0 Å². The average molecular weight is 218 g/mol. The van der Waals surface area contributed by atoms with E-state index < -0.39 is 12.6 Å². The molecule has 0 nitrogen and oxygen atoms in total. The molecule has 0 radical (unpaired) electrons. The van der Waals surface area contributed by atoms with Crippen LogP contribution in [0.1, 0.15) is 27.2 Å². The maximum absolute atomic E-state index is 12.1. The summed E-state index contributed by atoms with van der Waals surface area (Å²) < 4.78 is 36.4. The van der Waals surface area contributed by atoms with E-state index in [1.54, 1.807) is 0 Å². The standard InChI is InChI=1S/C12H17F3/c1-6-10(8-12(13,14)15)7-9(2)11(3,4)5/h6-7H,1-2,8H2,3-5H3/b10-7+. The first kappa shape index (κ1) is 14.0. The lowest BCUT2D eigenvalue weighted by Crippen LogP contribution is -2.10. The highest BCUT2D eigenvalue weighted by atomic mass is 19.4.